The minimum absolute atomic E-state index is 0. The van der Waals surface area contributed by atoms with Crippen LogP contribution in [0.15, 0.2) is 15.4 Å². The lowest BCUT2D eigenvalue weighted by molar-refractivity contribution is 0.0896. The molecule has 9 heteroatoms. The Balaban J connectivity index is 0.00000264. The molecule has 23 heavy (non-hydrogen) atoms. The number of nitrogens with one attached hydrogen (secondary N) is 2. The highest BCUT2D eigenvalue weighted by Crippen LogP contribution is 2.22. The van der Waals surface area contributed by atoms with Crippen LogP contribution in [0, 0.1) is 6.92 Å². The smallest absolute Gasteiger partial charge is 0.287 e. The van der Waals surface area contributed by atoms with Gasteiger partial charge in [0.05, 0.1) is 0 Å². The number of aryl methyl sites for hydroxylation is 1. The molecule has 2 atom stereocenters. The van der Waals surface area contributed by atoms with Crippen LogP contribution in [-0.4, -0.2) is 51.4 Å². The summed E-state index contributed by atoms with van der Waals surface area (Å²) in [4.78, 5) is 12.3. The van der Waals surface area contributed by atoms with E-state index in [1.807, 2.05) is 0 Å². The quantitative estimate of drug-likeness (QED) is 0.834. The number of hydrogen-bond acceptors (Lipinski definition) is 5. The van der Waals surface area contributed by atoms with E-state index in [-0.39, 0.29) is 40.8 Å². The Bertz CT molecular complexity index is 657. The lowest BCUT2D eigenvalue weighted by Gasteiger charge is -2.28. The third kappa shape index (κ3) is 4.47. The van der Waals surface area contributed by atoms with Gasteiger partial charge in [0.2, 0.25) is 10.0 Å². The van der Waals surface area contributed by atoms with Crippen LogP contribution in [0.25, 0.3) is 0 Å². The summed E-state index contributed by atoms with van der Waals surface area (Å²) in [6.07, 6.45) is 1.69. The molecule has 1 saturated heterocycles. The second kappa shape index (κ2) is 7.65. The Labute approximate surface area is 143 Å². The van der Waals surface area contributed by atoms with Gasteiger partial charge in [-0.2, -0.15) is 0 Å². The lowest BCUT2D eigenvalue weighted by Crippen LogP contribution is -2.46. The molecule has 1 aromatic heterocycles. The van der Waals surface area contributed by atoms with E-state index >= 15 is 0 Å². The fourth-order valence-corrected chi connectivity index (χ4v) is 3.60. The first-order valence-corrected chi connectivity index (χ1v) is 8.73. The summed E-state index contributed by atoms with van der Waals surface area (Å²) in [5.74, 6) is -0.121. The number of hydrogen-bond donors (Lipinski definition) is 2. The number of halogens is 1. The maximum absolute atomic E-state index is 12.2. The third-order valence-electron chi connectivity index (χ3n) is 3.81. The second-order valence-electron chi connectivity index (χ2n) is 5.87. The Hall–Kier alpha value is -1.09. The third-order valence-corrected chi connectivity index (χ3v) is 5.74. The van der Waals surface area contributed by atoms with Crippen LogP contribution in [0.2, 0.25) is 0 Å². The summed E-state index contributed by atoms with van der Waals surface area (Å²) in [5, 5.41) is 6.22. The minimum Gasteiger partial charge on any atom is -0.455 e. The maximum atomic E-state index is 12.2. The number of sulfonamides is 1. The number of nitrogens with zero attached hydrogens (tertiary/aromatic N) is 1. The number of carbonyl (C=O) groups is 1. The average Bonchev–Trinajstić information content (AvgIpc) is 2.81. The highest BCUT2D eigenvalue weighted by Gasteiger charge is 2.27. The van der Waals surface area contributed by atoms with E-state index in [1.54, 1.807) is 6.92 Å². The van der Waals surface area contributed by atoms with E-state index in [9.17, 15) is 13.2 Å². The molecule has 0 aliphatic carbocycles. The topological polar surface area (TPSA) is 91.6 Å². The van der Waals surface area contributed by atoms with Crippen LogP contribution in [0.3, 0.4) is 0 Å². The monoisotopic (exact) mass is 365 g/mol. The van der Waals surface area contributed by atoms with Gasteiger partial charge in [0.25, 0.3) is 5.91 Å². The zero-order valence-corrected chi connectivity index (χ0v) is 15.4. The molecular formula is C14H24ClN3O4S. The van der Waals surface area contributed by atoms with Crippen molar-refractivity contribution in [1.82, 2.24) is 14.9 Å². The van der Waals surface area contributed by atoms with Crippen LogP contribution < -0.4 is 10.6 Å². The number of piperidine rings is 1. The molecule has 0 saturated carbocycles. The summed E-state index contributed by atoms with van der Waals surface area (Å²) in [6.45, 7) is 4.46. The number of carbonyl (C=O) groups excluding carboxylic acids is 1. The first-order chi connectivity index (χ1) is 10.2. The van der Waals surface area contributed by atoms with E-state index < -0.39 is 10.0 Å². The summed E-state index contributed by atoms with van der Waals surface area (Å²) in [6, 6.07) is 1.72. The summed E-state index contributed by atoms with van der Waals surface area (Å²) in [7, 11) is -0.728. The molecule has 7 nitrogen and oxygen atoms in total. The predicted molar refractivity (Wildman–Crippen MR) is 89.5 cm³/mol. The second-order valence-corrected chi connectivity index (χ2v) is 7.99. The van der Waals surface area contributed by atoms with Crippen molar-refractivity contribution in [2.24, 2.45) is 0 Å². The van der Waals surface area contributed by atoms with Crippen molar-refractivity contribution in [2.45, 2.75) is 43.7 Å². The molecule has 0 aromatic carbocycles. The maximum Gasteiger partial charge on any atom is 0.287 e. The van der Waals surface area contributed by atoms with Gasteiger partial charge in [-0.25, -0.2) is 12.7 Å². The number of amides is 1. The Morgan fingerprint density at radius 1 is 1.43 bits per heavy atom. The molecule has 2 rings (SSSR count). The van der Waals surface area contributed by atoms with Crippen molar-refractivity contribution in [1.29, 1.82) is 0 Å². The largest absolute Gasteiger partial charge is 0.455 e. The zero-order chi connectivity index (χ0) is 16.5. The van der Waals surface area contributed by atoms with Gasteiger partial charge in [0.15, 0.2) is 5.76 Å². The fraction of sp³-hybridized carbons (Fsp3) is 0.643. The average molecular weight is 366 g/mol. The SMILES string of the molecule is Cc1oc(C(=O)NC2CCNC(C)C2)cc1S(=O)(=O)N(C)C.Cl. The molecule has 0 bridgehead atoms. The molecule has 2 heterocycles. The summed E-state index contributed by atoms with van der Waals surface area (Å²) in [5.41, 5.74) is 0. The van der Waals surface area contributed by atoms with Gasteiger partial charge in [0.1, 0.15) is 10.7 Å². The Morgan fingerprint density at radius 3 is 2.65 bits per heavy atom. The number of furan rings is 1. The molecule has 1 aliphatic heterocycles. The first kappa shape index (κ1) is 20.0. The van der Waals surface area contributed by atoms with Crippen molar-refractivity contribution < 1.29 is 17.6 Å². The van der Waals surface area contributed by atoms with Gasteiger partial charge < -0.3 is 15.1 Å². The summed E-state index contributed by atoms with van der Waals surface area (Å²) < 4.78 is 30.7. The van der Waals surface area contributed by atoms with Gasteiger partial charge in [-0.15, -0.1) is 12.4 Å². The molecule has 2 unspecified atom stereocenters. The van der Waals surface area contributed by atoms with Gasteiger partial charge >= 0.3 is 0 Å². The van der Waals surface area contributed by atoms with Crippen LogP contribution in [0.5, 0.6) is 0 Å². The molecule has 1 amide bonds. The Morgan fingerprint density at radius 2 is 2.09 bits per heavy atom. The van der Waals surface area contributed by atoms with E-state index in [4.69, 9.17) is 4.42 Å². The van der Waals surface area contributed by atoms with Crippen LogP contribution in [-0.2, 0) is 10.0 Å². The van der Waals surface area contributed by atoms with Gasteiger partial charge in [-0.1, -0.05) is 0 Å². The van der Waals surface area contributed by atoms with E-state index in [0.29, 0.717) is 6.04 Å². The van der Waals surface area contributed by atoms with E-state index in [2.05, 4.69) is 17.6 Å². The Kier molecular flexibility index (Phi) is 6.64. The summed E-state index contributed by atoms with van der Waals surface area (Å²) >= 11 is 0. The zero-order valence-electron chi connectivity index (χ0n) is 13.8. The van der Waals surface area contributed by atoms with Gasteiger partial charge in [-0.05, 0) is 33.2 Å². The van der Waals surface area contributed by atoms with Gasteiger partial charge in [0, 0.05) is 32.2 Å². The molecule has 0 spiro atoms. The standard InChI is InChI=1S/C14H23N3O4S.ClH/c1-9-7-11(5-6-15-9)16-14(18)12-8-13(10(2)21-12)22(19,20)17(3)4;/h8-9,11,15H,5-7H2,1-4H3,(H,16,18);1H. The van der Waals surface area contributed by atoms with Crippen LogP contribution >= 0.6 is 12.4 Å². The molecule has 1 aliphatic rings. The lowest BCUT2D eigenvalue weighted by atomic mass is 10.0. The van der Waals surface area contributed by atoms with E-state index in [0.717, 1.165) is 23.7 Å². The van der Waals surface area contributed by atoms with Crippen LogP contribution in [0.1, 0.15) is 36.1 Å². The first-order valence-electron chi connectivity index (χ1n) is 7.29. The molecule has 2 N–H and O–H groups in total. The van der Waals surface area contributed by atoms with Crippen molar-refractivity contribution in [3.8, 4) is 0 Å². The number of rotatable bonds is 4. The highest BCUT2D eigenvalue weighted by atomic mass is 35.5. The van der Waals surface area contributed by atoms with Gasteiger partial charge in [-0.3, -0.25) is 4.79 Å². The minimum atomic E-state index is -3.61. The molecular weight excluding hydrogens is 342 g/mol. The normalized spacial score (nSPS) is 21.8. The fourth-order valence-electron chi connectivity index (χ4n) is 2.55. The van der Waals surface area contributed by atoms with Crippen molar-refractivity contribution in [3.63, 3.8) is 0 Å². The highest BCUT2D eigenvalue weighted by molar-refractivity contribution is 7.89. The van der Waals surface area contributed by atoms with E-state index in [1.165, 1.54) is 20.2 Å². The van der Waals surface area contributed by atoms with Crippen molar-refractivity contribution in [2.75, 3.05) is 20.6 Å². The van der Waals surface area contributed by atoms with Crippen molar-refractivity contribution in [3.05, 3.63) is 17.6 Å². The molecule has 1 fully saturated rings. The molecule has 1 aromatic rings. The molecule has 132 valence electrons. The van der Waals surface area contributed by atoms with Crippen LogP contribution in [0.4, 0.5) is 0 Å². The molecule has 0 radical (unpaired) electrons. The van der Waals surface area contributed by atoms with Crippen molar-refractivity contribution >= 4 is 28.3 Å². The predicted octanol–water partition coefficient (Wildman–Crippen LogP) is 1.13.